The Hall–Kier alpha value is -2.81. The second kappa shape index (κ2) is 5.53. The molecule has 6 heteroatoms. The number of rotatable bonds is 2. The van der Waals surface area contributed by atoms with Crippen molar-refractivity contribution in [2.45, 2.75) is 26.2 Å². The summed E-state index contributed by atoms with van der Waals surface area (Å²) in [6, 6.07) is 6.70. The summed E-state index contributed by atoms with van der Waals surface area (Å²) in [7, 11) is 1.51. The summed E-state index contributed by atoms with van der Waals surface area (Å²) in [6.45, 7) is 5.97. The average Bonchev–Trinajstić information content (AvgIpc) is 2.44. The Balaban J connectivity index is 2.82. The van der Waals surface area contributed by atoms with Crippen molar-refractivity contribution in [2.75, 3.05) is 7.11 Å². The summed E-state index contributed by atoms with van der Waals surface area (Å²) in [5.74, 6) is 0.497. The zero-order valence-electron chi connectivity index (χ0n) is 12.9. The van der Waals surface area contributed by atoms with Gasteiger partial charge in [0.15, 0.2) is 0 Å². The Morgan fingerprint density at radius 2 is 1.95 bits per heavy atom. The maximum atomic E-state index is 11.9. The molecule has 1 N–H and O–H groups in total. The van der Waals surface area contributed by atoms with E-state index in [0.29, 0.717) is 17.0 Å². The van der Waals surface area contributed by atoms with Crippen LogP contribution in [0.3, 0.4) is 0 Å². The molecule has 0 spiro atoms. The number of hydrogen-bond donors (Lipinski definition) is 1. The summed E-state index contributed by atoms with van der Waals surface area (Å²) < 4.78 is 6.66. The standard InChI is InChI=1S/C16H17N3O3/c1-16(2,3)12-8-11(7-10(9-17)14(12)22-4)19-6-5-13(20)18-15(19)21/h5-8H,1-4H3,(H,18,20,21). The third kappa shape index (κ3) is 2.79. The molecule has 0 atom stereocenters. The van der Waals surface area contributed by atoms with Gasteiger partial charge in [0.05, 0.1) is 18.4 Å². The van der Waals surface area contributed by atoms with Gasteiger partial charge in [-0.05, 0) is 17.5 Å². The molecule has 0 radical (unpaired) electrons. The van der Waals surface area contributed by atoms with Crippen molar-refractivity contribution in [2.24, 2.45) is 0 Å². The molecule has 0 unspecified atom stereocenters. The van der Waals surface area contributed by atoms with Gasteiger partial charge in [-0.25, -0.2) is 4.79 Å². The highest BCUT2D eigenvalue weighted by Crippen LogP contribution is 2.35. The van der Waals surface area contributed by atoms with Crippen LogP contribution < -0.4 is 16.0 Å². The zero-order chi connectivity index (χ0) is 16.5. The van der Waals surface area contributed by atoms with E-state index in [4.69, 9.17) is 4.74 Å². The first-order chi connectivity index (χ1) is 10.3. The van der Waals surface area contributed by atoms with E-state index in [-0.39, 0.29) is 5.41 Å². The molecule has 6 nitrogen and oxygen atoms in total. The Bertz CT molecular complexity index is 864. The topological polar surface area (TPSA) is 87.9 Å². The van der Waals surface area contributed by atoms with Crippen molar-refractivity contribution < 1.29 is 4.74 Å². The van der Waals surface area contributed by atoms with Crippen LogP contribution in [0.4, 0.5) is 0 Å². The van der Waals surface area contributed by atoms with Gasteiger partial charge in [0.2, 0.25) is 0 Å². The first-order valence-corrected chi connectivity index (χ1v) is 6.73. The molecule has 0 amide bonds. The highest BCUT2D eigenvalue weighted by Gasteiger charge is 2.23. The van der Waals surface area contributed by atoms with E-state index in [0.717, 1.165) is 5.56 Å². The normalized spacial score (nSPS) is 11.0. The SMILES string of the molecule is COc1c(C#N)cc(-n2ccc(=O)[nH]c2=O)cc1C(C)(C)C. The quantitative estimate of drug-likeness (QED) is 0.914. The third-order valence-corrected chi connectivity index (χ3v) is 3.31. The summed E-state index contributed by atoms with van der Waals surface area (Å²) in [6.07, 6.45) is 1.39. The van der Waals surface area contributed by atoms with Crippen molar-refractivity contribution >= 4 is 0 Å². The average molecular weight is 299 g/mol. The fourth-order valence-corrected chi connectivity index (χ4v) is 2.23. The number of methoxy groups -OCH3 is 1. The number of benzene rings is 1. The second-order valence-corrected chi connectivity index (χ2v) is 5.92. The van der Waals surface area contributed by atoms with Crippen molar-refractivity contribution in [1.29, 1.82) is 5.26 Å². The Labute approximate surface area is 127 Å². The Kier molecular flexibility index (Phi) is 3.91. The van der Waals surface area contributed by atoms with Crippen molar-refractivity contribution in [3.63, 3.8) is 0 Å². The lowest BCUT2D eigenvalue weighted by molar-refractivity contribution is 0.396. The minimum atomic E-state index is -0.554. The molecule has 0 saturated carbocycles. The second-order valence-electron chi connectivity index (χ2n) is 5.92. The molecule has 1 aromatic heterocycles. The van der Waals surface area contributed by atoms with Gasteiger partial charge in [-0.1, -0.05) is 20.8 Å². The lowest BCUT2D eigenvalue weighted by atomic mass is 9.85. The van der Waals surface area contributed by atoms with Gasteiger partial charge in [0.1, 0.15) is 11.8 Å². The molecule has 0 aliphatic heterocycles. The first-order valence-electron chi connectivity index (χ1n) is 6.73. The van der Waals surface area contributed by atoms with Crippen LogP contribution in [-0.2, 0) is 5.41 Å². The van der Waals surface area contributed by atoms with E-state index in [1.807, 2.05) is 20.8 Å². The fraction of sp³-hybridized carbons (Fsp3) is 0.312. The van der Waals surface area contributed by atoms with Gasteiger partial charge in [-0.2, -0.15) is 5.26 Å². The van der Waals surface area contributed by atoms with Crippen LogP contribution in [-0.4, -0.2) is 16.7 Å². The third-order valence-electron chi connectivity index (χ3n) is 3.31. The van der Waals surface area contributed by atoms with Crippen LogP contribution in [0.5, 0.6) is 5.75 Å². The highest BCUT2D eigenvalue weighted by molar-refractivity contribution is 5.57. The Morgan fingerprint density at radius 1 is 1.27 bits per heavy atom. The predicted octanol–water partition coefficient (Wildman–Crippen LogP) is 1.70. The number of nitriles is 1. The molecule has 2 aromatic rings. The van der Waals surface area contributed by atoms with Crippen LogP contribution >= 0.6 is 0 Å². The molecule has 0 aliphatic carbocycles. The molecule has 0 saturated heterocycles. The van der Waals surface area contributed by atoms with Crippen LogP contribution in [0.1, 0.15) is 31.9 Å². The highest BCUT2D eigenvalue weighted by atomic mass is 16.5. The summed E-state index contributed by atoms with van der Waals surface area (Å²) in [5.41, 5.74) is 0.347. The number of aromatic amines is 1. The van der Waals surface area contributed by atoms with Gasteiger partial charge in [0, 0.05) is 17.8 Å². The van der Waals surface area contributed by atoms with Crippen molar-refractivity contribution in [1.82, 2.24) is 9.55 Å². The smallest absolute Gasteiger partial charge is 0.332 e. The van der Waals surface area contributed by atoms with Gasteiger partial charge in [-0.15, -0.1) is 0 Å². The number of nitrogens with zero attached hydrogens (tertiary/aromatic N) is 2. The van der Waals surface area contributed by atoms with Crippen molar-refractivity contribution in [3.05, 3.63) is 56.4 Å². The molecule has 0 fully saturated rings. The first kappa shape index (κ1) is 15.6. The van der Waals surface area contributed by atoms with Crippen molar-refractivity contribution in [3.8, 4) is 17.5 Å². The fourth-order valence-electron chi connectivity index (χ4n) is 2.23. The molecular weight excluding hydrogens is 282 g/mol. The number of hydrogen-bond acceptors (Lipinski definition) is 4. The van der Waals surface area contributed by atoms with E-state index in [1.54, 1.807) is 12.1 Å². The van der Waals surface area contributed by atoms with Crippen LogP contribution in [0.15, 0.2) is 34.0 Å². The predicted molar refractivity (Wildman–Crippen MR) is 82.6 cm³/mol. The van der Waals surface area contributed by atoms with Gasteiger partial charge in [0.25, 0.3) is 5.56 Å². The number of nitrogens with one attached hydrogen (secondary N) is 1. The van der Waals surface area contributed by atoms with Crippen LogP contribution in [0.2, 0.25) is 0 Å². The molecule has 1 aromatic carbocycles. The Morgan fingerprint density at radius 3 is 2.45 bits per heavy atom. The zero-order valence-corrected chi connectivity index (χ0v) is 12.9. The molecule has 0 bridgehead atoms. The van der Waals surface area contributed by atoms with E-state index in [1.165, 1.54) is 23.9 Å². The number of ether oxygens (including phenoxy) is 1. The van der Waals surface area contributed by atoms with Gasteiger partial charge in [-0.3, -0.25) is 14.3 Å². The van der Waals surface area contributed by atoms with E-state index >= 15 is 0 Å². The largest absolute Gasteiger partial charge is 0.495 e. The molecule has 114 valence electrons. The van der Waals surface area contributed by atoms with Crippen LogP contribution in [0, 0.1) is 11.3 Å². The maximum absolute atomic E-state index is 11.9. The van der Waals surface area contributed by atoms with Crippen LogP contribution in [0.25, 0.3) is 5.69 Å². The minimum Gasteiger partial charge on any atom is -0.495 e. The molecule has 2 rings (SSSR count). The maximum Gasteiger partial charge on any atom is 0.332 e. The lowest BCUT2D eigenvalue weighted by Gasteiger charge is -2.24. The summed E-state index contributed by atoms with van der Waals surface area (Å²) in [4.78, 5) is 25.3. The number of H-pyrrole nitrogens is 1. The summed E-state index contributed by atoms with van der Waals surface area (Å²) in [5, 5.41) is 9.35. The van der Waals surface area contributed by atoms with E-state index in [2.05, 4.69) is 11.1 Å². The summed E-state index contributed by atoms with van der Waals surface area (Å²) >= 11 is 0. The van der Waals surface area contributed by atoms with E-state index in [9.17, 15) is 14.9 Å². The number of aromatic nitrogens is 2. The van der Waals surface area contributed by atoms with Gasteiger partial charge < -0.3 is 4.74 Å². The van der Waals surface area contributed by atoms with Gasteiger partial charge >= 0.3 is 5.69 Å². The monoisotopic (exact) mass is 299 g/mol. The lowest BCUT2D eigenvalue weighted by Crippen LogP contribution is -2.28. The minimum absolute atomic E-state index is 0.279. The molecule has 0 aliphatic rings. The molecular formula is C16H17N3O3. The molecule has 22 heavy (non-hydrogen) atoms. The molecule has 1 heterocycles. The van der Waals surface area contributed by atoms with E-state index < -0.39 is 11.2 Å².